The molecule has 0 spiro atoms. The minimum atomic E-state index is -0.132. The second kappa shape index (κ2) is 10.5. The van der Waals surface area contributed by atoms with Crippen LogP contribution in [0.5, 0.6) is 11.6 Å². The fourth-order valence-electron chi connectivity index (χ4n) is 4.16. The first-order valence-corrected chi connectivity index (χ1v) is 11.9. The molecule has 9 nitrogen and oxygen atoms in total. The van der Waals surface area contributed by atoms with E-state index < -0.39 is 0 Å². The summed E-state index contributed by atoms with van der Waals surface area (Å²) in [6.07, 6.45) is 4.40. The molecule has 1 N–H and O–H groups in total. The molecular formula is C25H26ClN5O4. The number of hydrogen-bond donors (Lipinski definition) is 1. The van der Waals surface area contributed by atoms with Gasteiger partial charge in [0.15, 0.2) is 5.82 Å². The highest BCUT2D eigenvalue weighted by atomic mass is 35.5. The van der Waals surface area contributed by atoms with Gasteiger partial charge in [0, 0.05) is 37.2 Å². The summed E-state index contributed by atoms with van der Waals surface area (Å²) in [5.41, 5.74) is 1.99. The average Bonchev–Trinajstić information content (AvgIpc) is 3.56. The van der Waals surface area contributed by atoms with E-state index in [9.17, 15) is 4.79 Å². The topological polar surface area (TPSA) is 98.7 Å². The SMILES string of the molecule is C=CC(=O)N1CC[C@H](Oc2ccc3ncnc(Nc4ccc(OC[C@H]5CCOC5)c(Cl)c4)c3n2)C1. The van der Waals surface area contributed by atoms with Crippen LogP contribution in [-0.2, 0) is 9.53 Å². The predicted octanol–water partition coefficient (Wildman–Crippen LogP) is 4.00. The summed E-state index contributed by atoms with van der Waals surface area (Å²) in [6.45, 7) is 6.77. The van der Waals surface area contributed by atoms with Crippen molar-refractivity contribution in [3.63, 3.8) is 0 Å². The number of benzene rings is 1. The van der Waals surface area contributed by atoms with Crippen LogP contribution >= 0.6 is 11.6 Å². The number of nitrogens with one attached hydrogen (secondary N) is 1. The number of halogens is 1. The number of amides is 1. The average molecular weight is 496 g/mol. The van der Waals surface area contributed by atoms with Crippen LogP contribution in [-0.4, -0.2) is 64.8 Å². The van der Waals surface area contributed by atoms with Crippen LogP contribution in [0.1, 0.15) is 12.8 Å². The van der Waals surface area contributed by atoms with Crippen LogP contribution in [0.15, 0.2) is 49.3 Å². The number of fused-ring (bicyclic) bond motifs is 1. The van der Waals surface area contributed by atoms with Crippen molar-refractivity contribution >= 4 is 40.0 Å². The molecule has 1 amide bonds. The number of carbonyl (C=O) groups is 1. The van der Waals surface area contributed by atoms with Gasteiger partial charge in [-0.2, -0.15) is 0 Å². The first-order chi connectivity index (χ1) is 17.1. The molecule has 4 heterocycles. The van der Waals surface area contributed by atoms with Gasteiger partial charge in [-0.1, -0.05) is 18.2 Å². The first kappa shape index (κ1) is 23.3. The second-order valence-corrected chi connectivity index (χ2v) is 8.97. The fourth-order valence-corrected chi connectivity index (χ4v) is 4.39. The number of pyridine rings is 1. The molecule has 5 rings (SSSR count). The molecule has 0 saturated carbocycles. The highest BCUT2D eigenvalue weighted by molar-refractivity contribution is 6.32. The van der Waals surface area contributed by atoms with Gasteiger partial charge in [0.25, 0.3) is 0 Å². The lowest BCUT2D eigenvalue weighted by atomic mass is 10.1. The molecule has 0 unspecified atom stereocenters. The molecule has 3 aromatic rings. The van der Waals surface area contributed by atoms with Gasteiger partial charge in [-0.15, -0.1) is 0 Å². The maximum atomic E-state index is 11.8. The number of ether oxygens (including phenoxy) is 3. The summed E-state index contributed by atoms with van der Waals surface area (Å²) in [5, 5.41) is 3.77. The summed E-state index contributed by atoms with van der Waals surface area (Å²) in [5.74, 6) is 1.92. The Hall–Kier alpha value is -3.43. The molecule has 35 heavy (non-hydrogen) atoms. The Bertz CT molecular complexity index is 1230. The number of carbonyl (C=O) groups excluding carboxylic acids is 1. The number of aromatic nitrogens is 3. The number of nitrogens with zero attached hydrogens (tertiary/aromatic N) is 4. The number of rotatable bonds is 8. The quantitative estimate of drug-likeness (QED) is 0.468. The van der Waals surface area contributed by atoms with Crippen molar-refractivity contribution < 1.29 is 19.0 Å². The van der Waals surface area contributed by atoms with Crippen molar-refractivity contribution in [3.05, 3.63) is 54.3 Å². The standard InChI is InChI=1S/C25H26ClN5O4/c1-2-23(32)31-9-7-18(12-31)35-22-6-4-20-24(30-22)25(28-15-27-20)29-17-3-5-21(19(26)11-17)34-14-16-8-10-33-13-16/h2-6,11,15-16,18H,1,7-10,12-14H2,(H,27,28,29)/t16-,18-/m0/s1. The van der Waals surface area contributed by atoms with E-state index in [2.05, 4.69) is 26.8 Å². The van der Waals surface area contributed by atoms with E-state index in [4.69, 9.17) is 25.8 Å². The van der Waals surface area contributed by atoms with Crippen LogP contribution in [0.2, 0.25) is 5.02 Å². The third-order valence-corrected chi connectivity index (χ3v) is 6.36. The summed E-state index contributed by atoms with van der Waals surface area (Å²) in [4.78, 5) is 26.9. The zero-order valence-electron chi connectivity index (χ0n) is 19.2. The molecule has 2 atom stereocenters. The summed E-state index contributed by atoms with van der Waals surface area (Å²) >= 11 is 6.47. The maximum absolute atomic E-state index is 11.8. The van der Waals surface area contributed by atoms with E-state index in [-0.39, 0.29) is 12.0 Å². The minimum absolute atomic E-state index is 0.0925. The van der Waals surface area contributed by atoms with E-state index >= 15 is 0 Å². The van der Waals surface area contributed by atoms with Crippen LogP contribution < -0.4 is 14.8 Å². The van der Waals surface area contributed by atoms with Crippen molar-refractivity contribution in [3.8, 4) is 11.6 Å². The third kappa shape index (κ3) is 5.47. The van der Waals surface area contributed by atoms with Gasteiger partial charge >= 0.3 is 0 Å². The van der Waals surface area contributed by atoms with E-state index in [1.54, 1.807) is 17.0 Å². The Balaban J connectivity index is 1.29. The molecule has 2 fully saturated rings. The zero-order chi connectivity index (χ0) is 24.2. The van der Waals surface area contributed by atoms with E-state index in [1.165, 1.54) is 12.4 Å². The van der Waals surface area contributed by atoms with Gasteiger partial charge in [0.2, 0.25) is 11.8 Å². The number of hydrogen-bond acceptors (Lipinski definition) is 8. The molecule has 0 radical (unpaired) electrons. The number of anilines is 2. The van der Waals surface area contributed by atoms with Gasteiger partial charge in [-0.3, -0.25) is 4.79 Å². The summed E-state index contributed by atoms with van der Waals surface area (Å²) in [7, 11) is 0. The number of likely N-dealkylation sites (tertiary alicyclic amines) is 1. The molecule has 0 aliphatic carbocycles. The highest BCUT2D eigenvalue weighted by Gasteiger charge is 2.26. The lowest BCUT2D eigenvalue weighted by Gasteiger charge is -2.16. The van der Waals surface area contributed by atoms with Gasteiger partial charge < -0.3 is 24.4 Å². The Labute approximate surface area is 208 Å². The molecule has 2 aromatic heterocycles. The van der Waals surface area contributed by atoms with Gasteiger partial charge in [-0.05, 0) is 36.8 Å². The molecule has 2 saturated heterocycles. The molecule has 182 valence electrons. The zero-order valence-corrected chi connectivity index (χ0v) is 19.9. The Morgan fingerprint density at radius 1 is 1.29 bits per heavy atom. The second-order valence-electron chi connectivity index (χ2n) is 8.57. The van der Waals surface area contributed by atoms with Crippen molar-refractivity contribution in [2.24, 2.45) is 5.92 Å². The fraction of sp³-hybridized carbons (Fsp3) is 0.360. The third-order valence-electron chi connectivity index (χ3n) is 6.07. The summed E-state index contributed by atoms with van der Waals surface area (Å²) < 4.78 is 17.3. The van der Waals surface area contributed by atoms with Crippen LogP contribution in [0.25, 0.3) is 11.0 Å². The van der Waals surface area contributed by atoms with E-state index in [0.29, 0.717) is 59.1 Å². The normalized spacial score (nSPS) is 19.6. The Morgan fingerprint density at radius 3 is 3.00 bits per heavy atom. The predicted molar refractivity (Wildman–Crippen MR) is 132 cm³/mol. The molecule has 2 aliphatic heterocycles. The largest absolute Gasteiger partial charge is 0.492 e. The molecule has 0 bridgehead atoms. The Kier molecular flexibility index (Phi) is 6.96. The van der Waals surface area contributed by atoms with Crippen molar-refractivity contribution in [1.29, 1.82) is 0 Å². The molecular weight excluding hydrogens is 470 g/mol. The lowest BCUT2D eigenvalue weighted by Crippen LogP contribution is -2.29. The minimum Gasteiger partial charge on any atom is -0.492 e. The van der Waals surface area contributed by atoms with E-state index in [1.807, 2.05) is 18.2 Å². The first-order valence-electron chi connectivity index (χ1n) is 11.6. The molecule has 10 heteroatoms. The highest BCUT2D eigenvalue weighted by Crippen LogP contribution is 2.31. The maximum Gasteiger partial charge on any atom is 0.246 e. The van der Waals surface area contributed by atoms with Gasteiger partial charge in [0.1, 0.15) is 23.7 Å². The van der Waals surface area contributed by atoms with Gasteiger partial charge in [-0.25, -0.2) is 15.0 Å². The van der Waals surface area contributed by atoms with Gasteiger partial charge in [0.05, 0.1) is 30.3 Å². The van der Waals surface area contributed by atoms with Crippen molar-refractivity contribution in [2.75, 3.05) is 38.2 Å². The Morgan fingerprint density at radius 2 is 2.20 bits per heavy atom. The van der Waals surface area contributed by atoms with Crippen molar-refractivity contribution in [2.45, 2.75) is 18.9 Å². The van der Waals surface area contributed by atoms with E-state index in [0.717, 1.165) is 31.7 Å². The van der Waals surface area contributed by atoms with Crippen LogP contribution in [0, 0.1) is 5.92 Å². The summed E-state index contributed by atoms with van der Waals surface area (Å²) in [6, 6.07) is 9.12. The smallest absolute Gasteiger partial charge is 0.246 e. The van der Waals surface area contributed by atoms with Crippen LogP contribution in [0.4, 0.5) is 11.5 Å². The van der Waals surface area contributed by atoms with Crippen molar-refractivity contribution in [1.82, 2.24) is 19.9 Å². The van der Waals surface area contributed by atoms with Crippen LogP contribution in [0.3, 0.4) is 0 Å². The molecule has 1 aromatic carbocycles. The lowest BCUT2D eigenvalue weighted by molar-refractivity contribution is -0.125. The molecule has 2 aliphatic rings. The monoisotopic (exact) mass is 495 g/mol.